The van der Waals surface area contributed by atoms with Crippen LogP contribution in [0.25, 0.3) is 0 Å². The fourth-order valence-corrected chi connectivity index (χ4v) is 2.36. The topological polar surface area (TPSA) is 82.4 Å². The monoisotopic (exact) mass is 259 g/mol. The van der Waals surface area contributed by atoms with Gasteiger partial charge < -0.3 is 5.32 Å². The lowest BCUT2D eigenvalue weighted by atomic mass is 10.1. The van der Waals surface area contributed by atoms with Crippen LogP contribution in [0, 0.1) is 0 Å². The molecule has 0 aromatic carbocycles. The lowest BCUT2D eigenvalue weighted by Crippen LogP contribution is -2.51. The fourth-order valence-electron chi connectivity index (χ4n) is 1.85. The third kappa shape index (κ3) is 3.25. The Morgan fingerprint density at radius 2 is 2.59 bits per heavy atom. The number of hydrogen-bond donors (Lipinski definition) is 3. The molecule has 1 unspecified atom stereocenters. The van der Waals surface area contributed by atoms with Crippen molar-refractivity contribution in [1.82, 2.24) is 20.5 Å². The smallest absolute Gasteiger partial charge is 0.276 e. The highest BCUT2D eigenvalue weighted by Gasteiger charge is 2.20. The van der Waals surface area contributed by atoms with Gasteiger partial charge in [-0.05, 0) is 19.4 Å². The fraction of sp³-hybridized carbons (Fsp3) is 0.667. The maximum absolute atomic E-state index is 11.3. The highest BCUT2D eigenvalue weighted by molar-refractivity contribution is 7.80. The largest absolute Gasteiger partial charge is 0.315 e. The number of nitrogens with one attached hydrogen (secondary N) is 2. The van der Waals surface area contributed by atoms with Crippen LogP contribution in [-0.4, -0.2) is 37.7 Å². The standard InChI is InChI=1S/C9H17N5O2S/c1-13-7-9(6-11-13)14(17(15)16)12-8-3-2-4-10-5-8/h6-8,10,12H,2-5H2,1H3,(H,15,16)/t8-/m0/s1. The van der Waals surface area contributed by atoms with Crippen LogP contribution in [0.5, 0.6) is 0 Å². The summed E-state index contributed by atoms with van der Waals surface area (Å²) in [5.41, 5.74) is 3.63. The minimum Gasteiger partial charge on any atom is -0.315 e. The Morgan fingerprint density at radius 1 is 1.76 bits per heavy atom. The van der Waals surface area contributed by atoms with Crippen molar-refractivity contribution in [3.05, 3.63) is 12.4 Å². The lowest BCUT2D eigenvalue weighted by Gasteiger charge is -2.29. The Labute approximate surface area is 103 Å². The first-order valence-electron chi connectivity index (χ1n) is 5.53. The molecule has 1 fully saturated rings. The maximum atomic E-state index is 11.3. The van der Waals surface area contributed by atoms with E-state index in [-0.39, 0.29) is 6.04 Å². The van der Waals surface area contributed by atoms with Crippen LogP contribution in [-0.2, 0) is 18.3 Å². The van der Waals surface area contributed by atoms with Gasteiger partial charge in [0.1, 0.15) is 5.69 Å². The van der Waals surface area contributed by atoms with E-state index in [1.54, 1.807) is 24.1 Å². The third-order valence-electron chi connectivity index (χ3n) is 2.68. The van der Waals surface area contributed by atoms with Crippen molar-refractivity contribution in [2.45, 2.75) is 18.9 Å². The molecule has 1 aliphatic heterocycles. The molecule has 3 N–H and O–H groups in total. The summed E-state index contributed by atoms with van der Waals surface area (Å²) >= 11 is -2.10. The molecule has 2 atom stereocenters. The SMILES string of the molecule is Cn1cc(N(N[C@H]2CCCNC2)S(=O)O)cn1. The number of nitrogens with zero attached hydrogens (tertiary/aromatic N) is 3. The zero-order chi connectivity index (χ0) is 12.3. The van der Waals surface area contributed by atoms with Crippen molar-refractivity contribution in [2.24, 2.45) is 7.05 Å². The van der Waals surface area contributed by atoms with Gasteiger partial charge in [-0.25, -0.2) is 9.63 Å². The van der Waals surface area contributed by atoms with Crippen LogP contribution in [0.2, 0.25) is 0 Å². The maximum Gasteiger partial charge on any atom is 0.276 e. The van der Waals surface area contributed by atoms with Crippen molar-refractivity contribution in [2.75, 3.05) is 17.5 Å². The summed E-state index contributed by atoms with van der Waals surface area (Å²) in [6.45, 7) is 1.81. The first-order valence-corrected chi connectivity index (χ1v) is 6.60. The predicted molar refractivity (Wildman–Crippen MR) is 65.5 cm³/mol. The van der Waals surface area contributed by atoms with Crippen LogP contribution in [0.15, 0.2) is 12.4 Å². The van der Waals surface area contributed by atoms with E-state index in [1.165, 1.54) is 4.41 Å². The van der Waals surface area contributed by atoms with Gasteiger partial charge in [0.15, 0.2) is 0 Å². The van der Waals surface area contributed by atoms with E-state index in [2.05, 4.69) is 15.8 Å². The van der Waals surface area contributed by atoms with Gasteiger partial charge >= 0.3 is 0 Å². The summed E-state index contributed by atoms with van der Waals surface area (Å²) in [6.07, 6.45) is 5.30. The molecule has 1 aromatic heterocycles. The van der Waals surface area contributed by atoms with Gasteiger partial charge in [-0.3, -0.25) is 9.23 Å². The van der Waals surface area contributed by atoms with Crippen molar-refractivity contribution in [1.29, 1.82) is 0 Å². The summed E-state index contributed by atoms with van der Waals surface area (Å²) in [5, 5.41) is 7.23. The van der Waals surface area contributed by atoms with Crippen LogP contribution in [0.3, 0.4) is 0 Å². The van der Waals surface area contributed by atoms with E-state index < -0.39 is 11.3 Å². The molecule has 7 nitrogen and oxygen atoms in total. The van der Waals surface area contributed by atoms with E-state index in [9.17, 15) is 8.76 Å². The minimum atomic E-state index is -2.10. The van der Waals surface area contributed by atoms with Gasteiger partial charge in [-0.1, -0.05) is 0 Å². The Kier molecular flexibility index (Phi) is 4.11. The highest BCUT2D eigenvalue weighted by Crippen LogP contribution is 2.13. The molecule has 0 bridgehead atoms. The van der Waals surface area contributed by atoms with Crippen molar-refractivity contribution in [3.8, 4) is 0 Å². The van der Waals surface area contributed by atoms with Crippen LogP contribution in [0.1, 0.15) is 12.8 Å². The second-order valence-electron chi connectivity index (χ2n) is 4.07. The number of hydrazine groups is 1. The molecular formula is C9H17N5O2S. The number of aromatic nitrogens is 2. The Morgan fingerprint density at radius 3 is 3.12 bits per heavy atom. The van der Waals surface area contributed by atoms with Gasteiger partial charge in [-0.15, -0.1) is 0 Å². The first kappa shape index (κ1) is 12.5. The van der Waals surface area contributed by atoms with Gasteiger partial charge in [-0.2, -0.15) is 9.51 Å². The second kappa shape index (κ2) is 5.58. The van der Waals surface area contributed by atoms with Crippen molar-refractivity contribution < 1.29 is 8.76 Å². The van der Waals surface area contributed by atoms with Crippen molar-refractivity contribution in [3.63, 3.8) is 0 Å². The van der Waals surface area contributed by atoms with Crippen LogP contribution in [0.4, 0.5) is 5.69 Å². The predicted octanol–water partition coefficient (Wildman–Crippen LogP) is -0.380. The molecule has 1 aromatic rings. The molecule has 17 heavy (non-hydrogen) atoms. The zero-order valence-corrected chi connectivity index (χ0v) is 10.5. The third-order valence-corrected chi connectivity index (χ3v) is 3.31. The highest BCUT2D eigenvalue weighted by atomic mass is 32.2. The Bertz CT molecular complexity index is 390. The van der Waals surface area contributed by atoms with E-state index in [0.29, 0.717) is 5.69 Å². The molecule has 0 amide bonds. The average Bonchev–Trinajstić information content (AvgIpc) is 2.73. The average molecular weight is 259 g/mol. The molecule has 0 aliphatic carbocycles. The molecule has 0 radical (unpaired) electrons. The molecule has 0 spiro atoms. The zero-order valence-electron chi connectivity index (χ0n) is 9.67. The van der Waals surface area contributed by atoms with Crippen LogP contribution >= 0.6 is 0 Å². The van der Waals surface area contributed by atoms with Gasteiger partial charge in [0.25, 0.3) is 11.3 Å². The molecule has 96 valence electrons. The molecule has 1 aliphatic rings. The van der Waals surface area contributed by atoms with Gasteiger partial charge in [0.2, 0.25) is 0 Å². The summed E-state index contributed by atoms with van der Waals surface area (Å²) < 4.78 is 23.4. The van der Waals surface area contributed by atoms with Gasteiger partial charge in [0.05, 0.1) is 12.4 Å². The van der Waals surface area contributed by atoms with Crippen molar-refractivity contribution >= 4 is 17.0 Å². The summed E-state index contributed by atoms with van der Waals surface area (Å²) in [5.74, 6) is 0. The van der Waals surface area contributed by atoms with E-state index >= 15 is 0 Å². The summed E-state index contributed by atoms with van der Waals surface area (Å²) in [7, 11) is 1.77. The normalized spacial score (nSPS) is 22.4. The molecule has 8 heteroatoms. The molecule has 2 heterocycles. The number of piperidine rings is 1. The second-order valence-corrected chi connectivity index (χ2v) is 4.90. The Hall–Kier alpha value is -0.960. The summed E-state index contributed by atoms with van der Waals surface area (Å²) in [4.78, 5) is 0. The van der Waals surface area contributed by atoms with E-state index in [4.69, 9.17) is 0 Å². The van der Waals surface area contributed by atoms with Gasteiger partial charge in [0, 0.05) is 19.6 Å². The summed E-state index contributed by atoms with van der Waals surface area (Å²) in [6, 6.07) is 0.167. The number of hydrogen-bond acceptors (Lipinski definition) is 4. The van der Waals surface area contributed by atoms with E-state index in [1.807, 2.05) is 0 Å². The number of anilines is 1. The first-order chi connectivity index (χ1) is 8.16. The molecule has 1 saturated heterocycles. The molecule has 2 rings (SSSR count). The number of rotatable bonds is 4. The quantitative estimate of drug-likeness (QED) is 0.507. The molecular weight excluding hydrogens is 242 g/mol. The van der Waals surface area contributed by atoms with Crippen LogP contribution < -0.4 is 15.2 Å². The Balaban J connectivity index is 2.04. The molecule has 0 saturated carbocycles. The lowest BCUT2D eigenvalue weighted by molar-refractivity contribution is 0.394. The number of aryl methyl sites for hydroxylation is 1. The minimum absolute atomic E-state index is 0.167. The van der Waals surface area contributed by atoms with E-state index in [0.717, 1.165) is 25.9 Å².